The van der Waals surface area contributed by atoms with Crippen molar-refractivity contribution in [1.82, 2.24) is 0 Å². The fraction of sp³-hybridized carbons (Fsp3) is 0.263. The van der Waals surface area contributed by atoms with Crippen LogP contribution in [0, 0.1) is 0 Å². The molecule has 9 heteroatoms. The molecule has 1 aliphatic rings. The number of rotatable bonds is 6. The van der Waals surface area contributed by atoms with E-state index in [1.807, 2.05) is 0 Å². The molecule has 2 aromatic rings. The smallest absolute Gasteiger partial charge is 0.261 e. The van der Waals surface area contributed by atoms with Gasteiger partial charge in [-0.25, -0.2) is 8.42 Å². The SMILES string of the molecule is COc1ccc(S(=O)(=O)Nc2cccc(N3CCCC3=O)c2)cc1NC(C)=O. The Morgan fingerprint density at radius 2 is 1.96 bits per heavy atom. The summed E-state index contributed by atoms with van der Waals surface area (Å²) < 4.78 is 33.2. The highest BCUT2D eigenvalue weighted by atomic mass is 32.2. The molecule has 1 heterocycles. The van der Waals surface area contributed by atoms with E-state index in [2.05, 4.69) is 10.0 Å². The van der Waals surface area contributed by atoms with Gasteiger partial charge in [-0.3, -0.25) is 14.3 Å². The molecule has 0 atom stereocenters. The first-order valence-corrected chi connectivity index (χ1v) is 10.2. The zero-order chi connectivity index (χ0) is 20.3. The van der Waals surface area contributed by atoms with Crippen LogP contribution in [0.2, 0.25) is 0 Å². The third-order valence-corrected chi connectivity index (χ3v) is 5.65. The molecule has 0 radical (unpaired) electrons. The average Bonchev–Trinajstić information content (AvgIpc) is 3.07. The minimum atomic E-state index is -3.91. The van der Waals surface area contributed by atoms with Crippen LogP contribution in [0.3, 0.4) is 0 Å². The second-order valence-electron chi connectivity index (χ2n) is 6.35. The standard InChI is InChI=1S/C19H21N3O5S/c1-13(23)20-17-12-16(8-9-18(17)27-2)28(25,26)21-14-5-3-6-15(11-14)22-10-4-7-19(22)24/h3,5-6,8-9,11-12,21H,4,7,10H2,1-2H3,(H,20,23). The van der Waals surface area contributed by atoms with Crippen LogP contribution in [0.4, 0.5) is 17.1 Å². The highest BCUT2D eigenvalue weighted by molar-refractivity contribution is 7.92. The predicted molar refractivity (Wildman–Crippen MR) is 106 cm³/mol. The first-order chi connectivity index (χ1) is 13.3. The van der Waals surface area contributed by atoms with Crippen LogP contribution in [-0.4, -0.2) is 33.9 Å². The molecular formula is C19H21N3O5S. The molecule has 1 aliphatic heterocycles. The van der Waals surface area contributed by atoms with Crippen molar-refractivity contribution in [2.24, 2.45) is 0 Å². The monoisotopic (exact) mass is 403 g/mol. The fourth-order valence-electron chi connectivity index (χ4n) is 3.01. The minimum absolute atomic E-state index is 0.0233. The number of hydrogen-bond donors (Lipinski definition) is 2. The van der Waals surface area contributed by atoms with Crippen molar-refractivity contribution in [1.29, 1.82) is 0 Å². The van der Waals surface area contributed by atoms with Crippen molar-refractivity contribution in [3.8, 4) is 5.75 Å². The van der Waals surface area contributed by atoms with E-state index in [9.17, 15) is 18.0 Å². The molecular weight excluding hydrogens is 382 g/mol. The van der Waals surface area contributed by atoms with Gasteiger partial charge in [0.1, 0.15) is 5.75 Å². The Kier molecular flexibility index (Phi) is 5.55. The van der Waals surface area contributed by atoms with Gasteiger partial charge < -0.3 is 15.0 Å². The van der Waals surface area contributed by atoms with E-state index < -0.39 is 10.0 Å². The highest BCUT2D eigenvalue weighted by Crippen LogP contribution is 2.29. The number of nitrogens with one attached hydrogen (secondary N) is 2. The predicted octanol–water partition coefficient (Wildman–Crippen LogP) is 2.58. The third kappa shape index (κ3) is 4.25. The van der Waals surface area contributed by atoms with Gasteiger partial charge in [-0.05, 0) is 42.8 Å². The Morgan fingerprint density at radius 1 is 1.18 bits per heavy atom. The summed E-state index contributed by atoms with van der Waals surface area (Å²) >= 11 is 0. The molecule has 0 saturated carbocycles. The van der Waals surface area contributed by atoms with Crippen molar-refractivity contribution < 1.29 is 22.7 Å². The number of benzene rings is 2. The fourth-order valence-corrected chi connectivity index (χ4v) is 4.09. The second kappa shape index (κ2) is 7.89. The number of ether oxygens (including phenoxy) is 1. The molecule has 2 amide bonds. The van der Waals surface area contributed by atoms with Crippen LogP contribution in [0.15, 0.2) is 47.4 Å². The van der Waals surface area contributed by atoms with Crippen molar-refractivity contribution in [2.75, 3.05) is 28.6 Å². The van der Waals surface area contributed by atoms with E-state index in [1.54, 1.807) is 29.2 Å². The van der Waals surface area contributed by atoms with Gasteiger partial charge in [-0.2, -0.15) is 0 Å². The van der Waals surface area contributed by atoms with Crippen LogP contribution in [0.25, 0.3) is 0 Å². The number of carbonyl (C=O) groups excluding carboxylic acids is 2. The highest BCUT2D eigenvalue weighted by Gasteiger charge is 2.23. The summed E-state index contributed by atoms with van der Waals surface area (Å²) in [6.07, 6.45) is 1.28. The average molecular weight is 403 g/mol. The van der Waals surface area contributed by atoms with E-state index in [1.165, 1.54) is 32.2 Å². The van der Waals surface area contributed by atoms with Crippen LogP contribution in [0.5, 0.6) is 5.75 Å². The number of carbonyl (C=O) groups is 2. The number of anilines is 3. The lowest BCUT2D eigenvalue weighted by molar-refractivity contribution is -0.117. The van der Waals surface area contributed by atoms with Gasteiger partial charge in [0.15, 0.2) is 0 Å². The number of methoxy groups -OCH3 is 1. The third-order valence-electron chi connectivity index (χ3n) is 4.28. The molecule has 1 saturated heterocycles. The quantitative estimate of drug-likeness (QED) is 0.771. The Balaban J connectivity index is 1.88. The van der Waals surface area contributed by atoms with Crippen molar-refractivity contribution in [3.05, 3.63) is 42.5 Å². The van der Waals surface area contributed by atoms with E-state index in [-0.39, 0.29) is 22.4 Å². The zero-order valence-electron chi connectivity index (χ0n) is 15.6. The maximum absolute atomic E-state index is 12.8. The van der Waals surface area contributed by atoms with Crippen molar-refractivity contribution in [3.63, 3.8) is 0 Å². The maximum Gasteiger partial charge on any atom is 0.261 e. The van der Waals surface area contributed by atoms with E-state index in [4.69, 9.17) is 4.74 Å². The van der Waals surface area contributed by atoms with Crippen LogP contribution in [-0.2, 0) is 19.6 Å². The molecule has 0 unspecified atom stereocenters. The molecule has 28 heavy (non-hydrogen) atoms. The zero-order valence-corrected chi connectivity index (χ0v) is 16.4. The lowest BCUT2D eigenvalue weighted by Crippen LogP contribution is -2.23. The van der Waals surface area contributed by atoms with Gasteiger partial charge in [0, 0.05) is 25.6 Å². The molecule has 2 aromatic carbocycles. The van der Waals surface area contributed by atoms with Crippen molar-refractivity contribution >= 4 is 38.9 Å². The summed E-state index contributed by atoms with van der Waals surface area (Å²) in [6, 6.07) is 10.9. The number of hydrogen-bond acceptors (Lipinski definition) is 5. The van der Waals surface area contributed by atoms with E-state index in [0.717, 1.165) is 6.42 Å². The number of amides is 2. The first kappa shape index (κ1) is 19.7. The van der Waals surface area contributed by atoms with Gasteiger partial charge >= 0.3 is 0 Å². The van der Waals surface area contributed by atoms with Crippen LogP contribution in [0.1, 0.15) is 19.8 Å². The number of nitrogens with zero attached hydrogens (tertiary/aromatic N) is 1. The van der Waals surface area contributed by atoms with Gasteiger partial charge in [0.05, 0.1) is 23.4 Å². The minimum Gasteiger partial charge on any atom is -0.495 e. The van der Waals surface area contributed by atoms with Crippen LogP contribution < -0.4 is 19.7 Å². The number of sulfonamides is 1. The molecule has 2 N–H and O–H groups in total. The summed E-state index contributed by atoms with van der Waals surface area (Å²) in [6.45, 7) is 1.94. The topological polar surface area (TPSA) is 105 Å². The maximum atomic E-state index is 12.8. The molecule has 1 fully saturated rings. The van der Waals surface area contributed by atoms with Gasteiger partial charge in [0.25, 0.3) is 10.0 Å². The molecule has 3 rings (SSSR count). The Bertz CT molecular complexity index is 1020. The summed E-state index contributed by atoms with van der Waals surface area (Å²) in [5, 5.41) is 2.55. The molecule has 0 aliphatic carbocycles. The molecule has 0 aromatic heterocycles. The molecule has 8 nitrogen and oxygen atoms in total. The lowest BCUT2D eigenvalue weighted by atomic mass is 10.2. The normalized spacial score (nSPS) is 14.1. The van der Waals surface area contributed by atoms with Crippen LogP contribution >= 0.6 is 0 Å². The summed E-state index contributed by atoms with van der Waals surface area (Å²) in [5.41, 5.74) is 1.25. The van der Waals surface area contributed by atoms with Gasteiger partial charge in [-0.1, -0.05) is 6.07 Å². The Morgan fingerprint density at radius 3 is 2.61 bits per heavy atom. The Hall–Kier alpha value is -3.07. The molecule has 0 bridgehead atoms. The van der Waals surface area contributed by atoms with Gasteiger partial charge in [0.2, 0.25) is 11.8 Å². The molecule has 148 valence electrons. The summed E-state index contributed by atoms with van der Waals surface area (Å²) in [5.74, 6) is 0.0302. The van der Waals surface area contributed by atoms with Crippen molar-refractivity contribution in [2.45, 2.75) is 24.7 Å². The second-order valence-corrected chi connectivity index (χ2v) is 8.03. The lowest BCUT2D eigenvalue weighted by Gasteiger charge is -2.17. The summed E-state index contributed by atoms with van der Waals surface area (Å²) in [4.78, 5) is 24.9. The van der Waals surface area contributed by atoms with E-state index >= 15 is 0 Å². The van der Waals surface area contributed by atoms with E-state index in [0.29, 0.717) is 30.1 Å². The summed E-state index contributed by atoms with van der Waals surface area (Å²) in [7, 11) is -2.48. The Labute approximate surface area is 163 Å². The van der Waals surface area contributed by atoms with Gasteiger partial charge in [-0.15, -0.1) is 0 Å². The molecule has 0 spiro atoms. The largest absolute Gasteiger partial charge is 0.495 e. The first-order valence-electron chi connectivity index (χ1n) is 8.69.